The SMILES string of the molecule is CC1=[C-]C(C)C(C)=C1C.CC1=[C-]C(C)C(C)=C1C.C[SiH]C.[F-].[F-].[Hf+4]. The van der Waals surface area contributed by atoms with E-state index < -0.39 is 0 Å². The molecular formula is C20H33F2HfSi. The van der Waals surface area contributed by atoms with Crippen molar-refractivity contribution in [2.45, 2.75) is 68.5 Å². The molecule has 0 heterocycles. The van der Waals surface area contributed by atoms with Crippen LogP contribution in [0.3, 0.4) is 0 Å². The Hall–Kier alpha value is -0.0930. The average molecular weight is 518 g/mol. The first-order chi connectivity index (χ1) is 9.67. The van der Waals surface area contributed by atoms with E-state index in [2.05, 4.69) is 80.6 Å². The van der Waals surface area contributed by atoms with Crippen LogP contribution in [0.1, 0.15) is 55.4 Å². The van der Waals surface area contributed by atoms with Gasteiger partial charge in [0.1, 0.15) is 0 Å². The van der Waals surface area contributed by atoms with Crippen molar-refractivity contribution in [2.24, 2.45) is 11.8 Å². The second-order valence-corrected chi connectivity index (χ2v) is 7.33. The quantitative estimate of drug-likeness (QED) is 0.313. The van der Waals surface area contributed by atoms with Gasteiger partial charge in [0.2, 0.25) is 0 Å². The molecule has 0 spiro atoms. The van der Waals surface area contributed by atoms with E-state index in [-0.39, 0.29) is 35.3 Å². The van der Waals surface area contributed by atoms with E-state index in [1.165, 1.54) is 33.4 Å². The number of hydrogen-bond acceptors (Lipinski definition) is 0. The summed E-state index contributed by atoms with van der Waals surface area (Å²) in [6, 6.07) is 0. The van der Waals surface area contributed by atoms with E-state index in [9.17, 15) is 0 Å². The minimum Gasteiger partial charge on any atom is -1.00 e. The van der Waals surface area contributed by atoms with E-state index in [1.54, 1.807) is 0 Å². The van der Waals surface area contributed by atoms with Gasteiger partial charge in [-0.3, -0.25) is 12.2 Å². The van der Waals surface area contributed by atoms with Gasteiger partial charge in [-0.2, -0.15) is 22.3 Å². The Morgan fingerprint density at radius 3 is 0.917 bits per heavy atom. The van der Waals surface area contributed by atoms with Crippen LogP contribution in [-0.4, -0.2) is 9.52 Å². The summed E-state index contributed by atoms with van der Waals surface area (Å²) in [6.07, 6.45) is 6.72. The predicted molar refractivity (Wildman–Crippen MR) is 98.8 cm³/mol. The molecule has 0 fully saturated rings. The van der Waals surface area contributed by atoms with Crippen molar-refractivity contribution in [1.29, 1.82) is 0 Å². The van der Waals surface area contributed by atoms with Crippen molar-refractivity contribution in [3.63, 3.8) is 0 Å². The maximum absolute atomic E-state index is 3.36. The topological polar surface area (TPSA) is 0 Å². The molecule has 1 radical (unpaired) electrons. The molecule has 2 rings (SSSR count). The molecule has 2 aliphatic carbocycles. The van der Waals surface area contributed by atoms with Crippen LogP contribution in [-0.2, 0) is 25.8 Å². The van der Waals surface area contributed by atoms with Crippen LogP contribution in [0.15, 0.2) is 33.4 Å². The van der Waals surface area contributed by atoms with Crippen LogP contribution in [0.2, 0.25) is 13.1 Å². The van der Waals surface area contributed by atoms with Crippen LogP contribution >= 0.6 is 0 Å². The monoisotopic (exact) mass is 519 g/mol. The fraction of sp³-hybridized carbons (Fsp3) is 0.600. The first-order valence-electron chi connectivity index (χ1n) is 7.96. The first kappa shape index (κ1) is 31.7. The third kappa shape index (κ3) is 9.41. The van der Waals surface area contributed by atoms with Crippen molar-refractivity contribution in [2.75, 3.05) is 0 Å². The van der Waals surface area contributed by atoms with E-state index in [0.717, 1.165) is 9.52 Å². The first-order valence-corrected chi connectivity index (χ1v) is 10.3. The Labute approximate surface area is 170 Å². The van der Waals surface area contributed by atoms with Gasteiger partial charge >= 0.3 is 25.8 Å². The molecule has 2 aliphatic rings. The molecule has 4 heteroatoms. The van der Waals surface area contributed by atoms with Gasteiger partial charge in [-0.1, -0.05) is 66.5 Å². The van der Waals surface area contributed by atoms with E-state index in [4.69, 9.17) is 0 Å². The molecule has 0 nitrogen and oxygen atoms in total. The van der Waals surface area contributed by atoms with Crippen molar-refractivity contribution < 1.29 is 35.3 Å². The smallest absolute Gasteiger partial charge is 1.00 e. The molecule has 2 unspecified atom stereocenters. The molecular weight excluding hydrogens is 485 g/mol. The zero-order valence-corrected chi connectivity index (χ0v) is 21.7. The molecule has 0 saturated carbocycles. The molecule has 0 amide bonds. The van der Waals surface area contributed by atoms with E-state index in [1.807, 2.05) is 0 Å². The molecule has 0 aromatic heterocycles. The van der Waals surface area contributed by atoms with E-state index in [0.29, 0.717) is 11.8 Å². The molecule has 0 N–H and O–H groups in total. The summed E-state index contributed by atoms with van der Waals surface area (Å²) < 4.78 is 0. The molecule has 0 aromatic rings. The summed E-state index contributed by atoms with van der Waals surface area (Å²) >= 11 is 0. The Kier molecular flexibility index (Phi) is 20.0. The second-order valence-electron chi connectivity index (χ2n) is 6.18. The minimum atomic E-state index is 0. The predicted octanol–water partition coefficient (Wildman–Crippen LogP) is -0.0314. The van der Waals surface area contributed by atoms with Gasteiger partial charge in [-0.05, 0) is 0 Å². The Morgan fingerprint density at radius 1 is 0.667 bits per heavy atom. The summed E-state index contributed by atoms with van der Waals surface area (Å²) in [5.74, 6) is 1.12. The fourth-order valence-electron chi connectivity index (χ4n) is 2.32. The van der Waals surface area contributed by atoms with Crippen molar-refractivity contribution >= 4 is 9.52 Å². The number of allylic oxidation sites excluding steroid dienone is 8. The van der Waals surface area contributed by atoms with Gasteiger partial charge in [0.25, 0.3) is 0 Å². The van der Waals surface area contributed by atoms with Crippen LogP contribution in [0, 0.1) is 24.0 Å². The summed E-state index contributed by atoms with van der Waals surface area (Å²) in [4.78, 5) is 0. The summed E-state index contributed by atoms with van der Waals surface area (Å²) in [5.41, 5.74) is 8.49. The van der Waals surface area contributed by atoms with Crippen molar-refractivity contribution in [3.8, 4) is 0 Å². The summed E-state index contributed by atoms with van der Waals surface area (Å²) in [5, 5.41) is 0. The normalized spacial score (nSPS) is 21.1. The molecule has 2 atom stereocenters. The third-order valence-corrected chi connectivity index (χ3v) is 4.47. The molecule has 24 heavy (non-hydrogen) atoms. The average Bonchev–Trinajstić information content (AvgIpc) is 2.77. The van der Waals surface area contributed by atoms with E-state index >= 15 is 0 Å². The van der Waals surface area contributed by atoms with Crippen molar-refractivity contribution in [1.82, 2.24) is 0 Å². The Morgan fingerprint density at radius 2 is 0.875 bits per heavy atom. The zero-order valence-electron chi connectivity index (χ0n) is 17.0. The maximum Gasteiger partial charge on any atom is 4.00 e. The molecule has 135 valence electrons. The number of rotatable bonds is 0. The van der Waals surface area contributed by atoms with Crippen molar-refractivity contribution in [3.05, 3.63) is 45.6 Å². The third-order valence-electron chi connectivity index (χ3n) is 4.47. The maximum atomic E-state index is 3.36. The summed E-state index contributed by atoms with van der Waals surface area (Å²) in [7, 11) is 0.750. The number of hydrogen-bond donors (Lipinski definition) is 0. The van der Waals surface area contributed by atoms with Gasteiger partial charge in [0, 0.05) is 9.52 Å². The van der Waals surface area contributed by atoms with Crippen LogP contribution in [0.5, 0.6) is 0 Å². The standard InChI is InChI=1S/2C9H13.C2H7Si.2FH.Hf/c2*1-6-5-7(2)9(4)8(6)3;1-3-2;;;/h2*6H,1-4H3;3H,1-2H3;2*1H;/q2*-1;;;;+4/p-2. The second kappa shape index (κ2) is 15.2. The van der Waals surface area contributed by atoms with Crippen LogP contribution in [0.25, 0.3) is 0 Å². The summed E-state index contributed by atoms with van der Waals surface area (Å²) in [6.45, 7) is 21.8. The Bertz CT molecular complexity index is 444. The number of halogens is 2. The van der Waals surface area contributed by atoms with Crippen LogP contribution in [0.4, 0.5) is 0 Å². The van der Waals surface area contributed by atoms with Gasteiger partial charge < -0.3 is 9.41 Å². The van der Waals surface area contributed by atoms with Gasteiger partial charge in [0.15, 0.2) is 0 Å². The largest absolute Gasteiger partial charge is 4.00 e. The molecule has 0 saturated heterocycles. The van der Waals surface area contributed by atoms with Gasteiger partial charge in [-0.25, -0.2) is 11.1 Å². The molecule has 0 bridgehead atoms. The molecule has 0 aromatic carbocycles. The zero-order chi connectivity index (χ0) is 16.7. The van der Waals surface area contributed by atoms with Crippen LogP contribution < -0.4 is 9.41 Å². The van der Waals surface area contributed by atoms with Gasteiger partial charge in [0.05, 0.1) is 0 Å². The molecule has 0 aliphatic heterocycles. The fourth-order valence-corrected chi connectivity index (χ4v) is 2.32. The Balaban J connectivity index is -0.000000130. The van der Waals surface area contributed by atoms with Gasteiger partial charge in [-0.15, -0.1) is 13.8 Å². The minimum absolute atomic E-state index is 0.